The first-order valence-electron chi connectivity index (χ1n) is 5.33. The van der Waals surface area contributed by atoms with E-state index in [1.807, 2.05) is 26.0 Å². The van der Waals surface area contributed by atoms with E-state index in [1.54, 1.807) is 12.1 Å². The summed E-state index contributed by atoms with van der Waals surface area (Å²) in [5.41, 5.74) is 8.37. The summed E-state index contributed by atoms with van der Waals surface area (Å²) in [6.07, 6.45) is 0. The number of benzene rings is 1. The highest BCUT2D eigenvalue weighted by Gasteiger charge is 2.10. The number of anilines is 1. The van der Waals surface area contributed by atoms with Gasteiger partial charge in [-0.05, 0) is 43.7 Å². The van der Waals surface area contributed by atoms with Crippen molar-refractivity contribution in [1.29, 1.82) is 0 Å². The molecule has 0 amide bonds. The lowest BCUT2D eigenvalue weighted by Crippen LogP contribution is -1.89. The average Bonchev–Trinajstić information content (AvgIpc) is 2.22. The molecule has 94 valence electrons. The molecule has 0 aliphatic heterocycles. The SMILES string of the molecule is Cc1cc(C)nc(Sc2c(Cl)cc(N)cc2Cl)c1. The number of rotatable bonds is 2. The van der Waals surface area contributed by atoms with Crippen molar-refractivity contribution in [2.45, 2.75) is 23.8 Å². The van der Waals surface area contributed by atoms with E-state index < -0.39 is 0 Å². The Morgan fingerprint density at radius 3 is 2.22 bits per heavy atom. The first-order chi connectivity index (χ1) is 8.45. The van der Waals surface area contributed by atoms with Gasteiger partial charge in [0.25, 0.3) is 0 Å². The zero-order valence-electron chi connectivity index (χ0n) is 10.00. The molecule has 0 saturated heterocycles. The van der Waals surface area contributed by atoms with Crippen molar-refractivity contribution in [2.75, 3.05) is 5.73 Å². The molecule has 0 aliphatic rings. The topological polar surface area (TPSA) is 38.9 Å². The molecular formula is C13H12Cl2N2S. The van der Waals surface area contributed by atoms with Crippen LogP contribution in [0.2, 0.25) is 10.0 Å². The standard InChI is InChI=1S/C13H12Cl2N2S/c1-7-3-8(2)17-12(4-7)18-13-10(14)5-9(16)6-11(13)15/h3-6H,16H2,1-2H3. The molecule has 2 rings (SSSR count). The smallest absolute Gasteiger partial charge is 0.101 e. The summed E-state index contributed by atoms with van der Waals surface area (Å²) in [6, 6.07) is 7.41. The van der Waals surface area contributed by atoms with Crippen LogP contribution in [0.15, 0.2) is 34.2 Å². The first-order valence-corrected chi connectivity index (χ1v) is 6.90. The lowest BCUT2D eigenvalue weighted by atomic mass is 10.3. The molecule has 0 aliphatic carbocycles. The van der Waals surface area contributed by atoms with Gasteiger partial charge in [-0.1, -0.05) is 35.0 Å². The highest BCUT2D eigenvalue weighted by molar-refractivity contribution is 7.99. The van der Waals surface area contributed by atoms with Crippen molar-refractivity contribution in [3.05, 3.63) is 45.6 Å². The van der Waals surface area contributed by atoms with Crippen molar-refractivity contribution in [3.8, 4) is 0 Å². The Balaban J connectivity index is 2.40. The van der Waals surface area contributed by atoms with Crippen LogP contribution >= 0.6 is 35.0 Å². The Morgan fingerprint density at radius 2 is 1.67 bits per heavy atom. The molecule has 1 aromatic carbocycles. The van der Waals surface area contributed by atoms with E-state index in [4.69, 9.17) is 28.9 Å². The van der Waals surface area contributed by atoms with Crippen LogP contribution in [-0.4, -0.2) is 4.98 Å². The summed E-state index contributed by atoms with van der Waals surface area (Å²) in [5.74, 6) is 0. The van der Waals surface area contributed by atoms with Gasteiger partial charge in [0.1, 0.15) is 5.03 Å². The fourth-order valence-electron chi connectivity index (χ4n) is 1.64. The molecule has 0 spiro atoms. The fraction of sp³-hybridized carbons (Fsp3) is 0.154. The molecule has 0 unspecified atom stereocenters. The predicted molar refractivity (Wildman–Crippen MR) is 78.7 cm³/mol. The van der Waals surface area contributed by atoms with Crippen LogP contribution in [0.5, 0.6) is 0 Å². The molecule has 2 nitrogen and oxygen atoms in total. The summed E-state index contributed by atoms with van der Waals surface area (Å²) < 4.78 is 0. The normalized spacial score (nSPS) is 10.7. The van der Waals surface area contributed by atoms with Crippen LogP contribution in [0.3, 0.4) is 0 Å². The van der Waals surface area contributed by atoms with Crippen LogP contribution in [0.25, 0.3) is 0 Å². The second-order valence-corrected chi connectivity index (χ2v) is 5.88. The molecule has 18 heavy (non-hydrogen) atoms. The lowest BCUT2D eigenvalue weighted by molar-refractivity contribution is 1.05. The van der Waals surface area contributed by atoms with Crippen molar-refractivity contribution in [1.82, 2.24) is 4.98 Å². The number of hydrogen-bond acceptors (Lipinski definition) is 3. The number of nitrogens with two attached hydrogens (primary N) is 1. The van der Waals surface area contributed by atoms with Crippen molar-refractivity contribution in [3.63, 3.8) is 0 Å². The number of aromatic nitrogens is 1. The van der Waals surface area contributed by atoms with E-state index in [2.05, 4.69) is 4.98 Å². The number of pyridine rings is 1. The second kappa shape index (κ2) is 5.39. The molecular weight excluding hydrogens is 287 g/mol. The third kappa shape index (κ3) is 3.10. The van der Waals surface area contributed by atoms with Gasteiger partial charge in [-0.15, -0.1) is 0 Å². The van der Waals surface area contributed by atoms with Crippen LogP contribution in [0.1, 0.15) is 11.3 Å². The van der Waals surface area contributed by atoms with E-state index in [0.717, 1.165) is 21.2 Å². The molecule has 0 bridgehead atoms. The van der Waals surface area contributed by atoms with Crippen molar-refractivity contribution in [2.24, 2.45) is 0 Å². The fourth-order valence-corrected chi connectivity index (χ4v) is 3.33. The largest absolute Gasteiger partial charge is 0.399 e. The molecule has 1 aromatic heterocycles. The maximum absolute atomic E-state index is 6.15. The second-order valence-electron chi connectivity index (χ2n) is 4.04. The van der Waals surface area contributed by atoms with Crippen molar-refractivity contribution >= 4 is 40.7 Å². The highest BCUT2D eigenvalue weighted by Crippen LogP contribution is 2.39. The van der Waals surface area contributed by atoms with Gasteiger partial charge in [0, 0.05) is 11.4 Å². The maximum Gasteiger partial charge on any atom is 0.101 e. The quantitative estimate of drug-likeness (QED) is 0.814. The Morgan fingerprint density at radius 1 is 1.06 bits per heavy atom. The molecule has 2 N–H and O–H groups in total. The number of aryl methyl sites for hydroxylation is 2. The van der Waals surface area contributed by atoms with E-state index in [0.29, 0.717) is 15.7 Å². The Labute approximate surface area is 121 Å². The Hall–Kier alpha value is -0.900. The molecule has 2 aromatic rings. The molecule has 0 saturated carbocycles. The monoisotopic (exact) mass is 298 g/mol. The minimum atomic E-state index is 0.547. The van der Waals surface area contributed by atoms with Crippen molar-refractivity contribution < 1.29 is 0 Å². The van der Waals surface area contributed by atoms with Crippen LogP contribution in [-0.2, 0) is 0 Å². The number of halogens is 2. The Bertz CT molecular complexity index is 556. The van der Waals surface area contributed by atoms with Gasteiger partial charge in [0.2, 0.25) is 0 Å². The minimum absolute atomic E-state index is 0.547. The molecule has 0 atom stereocenters. The summed E-state index contributed by atoms with van der Waals surface area (Å²) in [7, 11) is 0. The zero-order chi connectivity index (χ0) is 13.3. The van der Waals surface area contributed by atoms with E-state index >= 15 is 0 Å². The van der Waals surface area contributed by atoms with Gasteiger partial charge < -0.3 is 5.73 Å². The summed E-state index contributed by atoms with van der Waals surface area (Å²) >= 11 is 13.7. The van der Waals surface area contributed by atoms with Gasteiger partial charge in [-0.25, -0.2) is 4.98 Å². The lowest BCUT2D eigenvalue weighted by Gasteiger charge is -2.08. The zero-order valence-corrected chi connectivity index (χ0v) is 12.3. The van der Waals surface area contributed by atoms with Gasteiger partial charge in [0.05, 0.1) is 14.9 Å². The van der Waals surface area contributed by atoms with Gasteiger partial charge in [-0.2, -0.15) is 0 Å². The van der Waals surface area contributed by atoms with Crippen LogP contribution < -0.4 is 5.73 Å². The predicted octanol–water partition coefficient (Wildman–Crippen LogP) is 4.74. The summed E-state index contributed by atoms with van der Waals surface area (Å²) in [5, 5.41) is 1.97. The summed E-state index contributed by atoms with van der Waals surface area (Å²) in [6.45, 7) is 3.99. The summed E-state index contributed by atoms with van der Waals surface area (Å²) in [4.78, 5) is 5.23. The van der Waals surface area contributed by atoms with E-state index in [1.165, 1.54) is 11.8 Å². The first kappa shape index (κ1) is 13.5. The Kier molecular flexibility index (Phi) is 4.05. The highest BCUT2D eigenvalue weighted by atomic mass is 35.5. The molecule has 1 heterocycles. The van der Waals surface area contributed by atoms with Crippen LogP contribution in [0.4, 0.5) is 5.69 Å². The molecule has 0 fully saturated rings. The number of nitrogen functional groups attached to an aromatic ring is 1. The van der Waals surface area contributed by atoms with E-state index in [-0.39, 0.29) is 0 Å². The third-order valence-electron chi connectivity index (χ3n) is 2.30. The van der Waals surface area contributed by atoms with Crippen LogP contribution in [0, 0.1) is 13.8 Å². The third-order valence-corrected chi connectivity index (χ3v) is 4.18. The minimum Gasteiger partial charge on any atom is -0.399 e. The molecule has 0 radical (unpaired) electrons. The van der Waals surface area contributed by atoms with Gasteiger partial charge in [0.15, 0.2) is 0 Å². The maximum atomic E-state index is 6.15. The average molecular weight is 299 g/mol. The number of nitrogens with zero attached hydrogens (tertiary/aromatic N) is 1. The number of hydrogen-bond donors (Lipinski definition) is 1. The van der Waals surface area contributed by atoms with Gasteiger partial charge >= 0.3 is 0 Å². The molecule has 5 heteroatoms. The van der Waals surface area contributed by atoms with E-state index in [9.17, 15) is 0 Å². The van der Waals surface area contributed by atoms with Gasteiger partial charge in [-0.3, -0.25) is 0 Å².